The van der Waals surface area contributed by atoms with E-state index in [1.54, 1.807) is 0 Å². The molecule has 0 unspecified atom stereocenters. The predicted molar refractivity (Wildman–Crippen MR) is 66.9 cm³/mol. The lowest BCUT2D eigenvalue weighted by atomic mass is 9.99. The Labute approximate surface area is 107 Å². The molecule has 1 aromatic rings. The summed E-state index contributed by atoms with van der Waals surface area (Å²) in [4.78, 5) is 22.2. The monoisotopic (exact) mass is 250 g/mol. The third-order valence-electron chi connectivity index (χ3n) is 2.52. The predicted octanol–water partition coefficient (Wildman–Crippen LogP) is 2.74. The summed E-state index contributed by atoms with van der Waals surface area (Å²) in [5.74, 6) is -0.971. The highest BCUT2D eigenvalue weighted by atomic mass is 16.7. The van der Waals surface area contributed by atoms with Gasteiger partial charge in [0.1, 0.15) is 0 Å². The van der Waals surface area contributed by atoms with Gasteiger partial charge < -0.3 is 9.47 Å². The van der Waals surface area contributed by atoms with E-state index in [4.69, 9.17) is 9.47 Å². The second kappa shape index (κ2) is 5.67. The zero-order chi connectivity index (χ0) is 13.9. The Morgan fingerprint density at radius 1 is 0.944 bits per heavy atom. The molecule has 0 heterocycles. The molecule has 1 aromatic carbocycles. The molecule has 0 aromatic heterocycles. The molecular formula is C14H18O4. The number of carbonyl (C=O) groups is 2. The molecule has 18 heavy (non-hydrogen) atoms. The van der Waals surface area contributed by atoms with Gasteiger partial charge in [-0.15, -0.1) is 0 Å². The number of benzene rings is 1. The number of hydrogen-bond donors (Lipinski definition) is 0. The summed E-state index contributed by atoms with van der Waals surface area (Å²) in [5, 5.41) is 0. The van der Waals surface area contributed by atoms with E-state index in [1.807, 2.05) is 32.9 Å². The van der Waals surface area contributed by atoms with Gasteiger partial charge in [-0.1, -0.05) is 17.7 Å². The van der Waals surface area contributed by atoms with Gasteiger partial charge in [-0.05, 0) is 31.9 Å². The molecule has 0 aliphatic carbocycles. The smallest absolute Gasteiger partial charge is 0.305 e. The minimum atomic E-state index is -0.972. The second-order valence-electron chi connectivity index (χ2n) is 4.36. The van der Waals surface area contributed by atoms with Crippen molar-refractivity contribution in [2.45, 2.75) is 40.9 Å². The van der Waals surface area contributed by atoms with Crippen molar-refractivity contribution >= 4 is 11.9 Å². The van der Waals surface area contributed by atoms with Crippen LogP contribution in [0.2, 0.25) is 0 Å². The van der Waals surface area contributed by atoms with E-state index < -0.39 is 18.2 Å². The van der Waals surface area contributed by atoms with Crippen LogP contribution in [0.5, 0.6) is 0 Å². The molecule has 0 aliphatic rings. The fraction of sp³-hybridized carbons (Fsp3) is 0.429. The first-order chi connectivity index (χ1) is 8.31. The highest BCUT2D eigenvalue weighted by Gasteiger charge is 2.22. The third-order valence-corrected chi connectivity index (χ3v) is 2.52. The lowest BCUT2D eigenvalue weighted by molar-refractivity contribution is -0.186. The summed E-state index contributed by atoms with van der Waals surface area (Å²) < 4.78 is 10.1. The maximum atomic E-state index is 11.1. The highest BCUT2D eigenvalue weighted by molar-refractivity contribution is 5.68. The zero-order valence-corrected chi connectivity index (χ0v) is 11.4. The molecule has 0 radical (unpaired) electrons. The van der Waals surface area contributed by atoms with E-state index >= 15 is 0 Å². The number of ether oxygens (including phenoxy) is 2. The number of carbonyl (C=O) groups excluding carboxylic acids is 2. The van der Waals surface area contributed by atoms with Gasteiger partial charge in [0, 0.05) is 19.4 Å². The second-order valence-corrected chi connectivity index (χ2v) is 4.36. The summed E-state index contributed by atoms with van der Waals surface area (Å²) >= 11 is 0. The van der Waals surface area contributed by atoms with Gasteiger partial charge in [0.15, 0.2) is 0 Å². The van der Waals surface area contributed by atoms with Gasteiger partial charge in [-0.25, -0.2) is 0 Å². The van der Waals surface area contributed by atoms with Crippen molar-refractivity contribution in [1.82, 2.24) is 0 Å². The van der Waals surface area contributed by atoms with Crippen LogP contribution in [0.3, 0.4) is 0 Å². The Morgan fingerprint density at radius 3 is 1.67 bits per heavy atom. The third kappa shape index (κ3) is 3.58. The standard InChI is InChI=1S/C14H18O4/c1-8-6-9(2)13(10(3)7-8)14(17-11(4)15)18-12(5)16/h6-7,14H,1-5H3. The first kappa shape index (κ1) is 14.2. The number of rotatable bonds is 3. The van der Waals surface area contributed by atoms with Crippen molar-refractivity contribution in [2.75, 3.05) is 0 Å². The van der Waals surface area contributed by atoms with Crippen LogP contribution >= 0.6 is 0 Å². The molecule has 0 spiro atoms. The molecule has 4 nitrogen and oxygen atoms in total. The van der Waals surface area contributed by atoms with Gasteiger partial charge in [0.25, 0.3) is 6.29 Å². The van der Waals surface area contributed by atoms with E-state index in [9.17, 15) is 9.59 Å². The highest BCUT2D eigenvalue weighted by Crippen LogP contribution is 2.27. The average molecular weight is 250 g/mol. The van der Waals surface area contributed by atoms with E-state index in [2.05, 4.69) is 0 Å². The van der Waals surface area contributed by atoms with Gasteiger partial charge >= 0.3 is 11.9 Å². The molecule has 0 saturated carbocycles. The number of esters is 2. The van der Waals surface area contributed by atoms with Crippen LogP contribution in [-0.2, 0) is 19.1 Å². The van der Waals surface area contributed by atoms with Crippen LogP contribution in [0, 0.1) is 20.8 Å². The van der Waals surface area contributed by atoms with E-state index in [0.717, 1.165) is 22.3 Å². The number of hydrogen-bond acceptors (Lipinski definition) is 4. The van der Waals surface area contributed by atoms with E-state index in [1.165, 1.54) is 13.8 Å². The number of aryl methyl sites for hydroxylation is 3. The summed E-state index contributed by atoms with van der Waals surface area (Å²) in [7, 11) is 0. The lowest BCUT2D eigenvalue weighted by Crippen LogP contribution is -2.17. The summed E-state index contributed by atoms with van der Waals surface area (Å²) in [5.41, 5.74) is 3.70. The van der Waals surface area contributed by atoms with Crippen LogP contribution in [0.15, 0.2) is 12.1 Å². The van der Waals surface area contributed by atoms with Crippen molar-refractivity contribution in [1.29, 1.82) is 0 Å². The fourth-order valence-corrected chi connectivity index (χ4v) is 2.01. The minimum absolute atomic E-state index is 0.486. The molecule has 98 valence electrons. The maximum absolute atomic E-state index is 11.1. The van der Waals surface area contributed by atoms with Crippen LogP contribution in [0.4, 0.5) is 0 Å². The molecule has 0 bridgehead atoms. The molecule has 0 atom stereocenters. The van der Waals surface area contributed by atoms with Crippen LogP contribution in [-0.4, -0.2) is 11.9 Å². The molecule has 0 N–H and O–H groups in total. The molecular weight excluding hydrogens is 232 g/mol. The fourth-order valence-electron chi connectivity index (χ4n) is 2.01. The van der Waals surface area contributed by atoms with Crippen molar-refractivity contribution in [3.63, 3.8) is 0 Å². The molecule has 1 rings (SSSR count). The van der Waals surface area contributed by atoms with Crippen LogP contribution < -0.4 is 0 Å². The summed E-state index contributed by atoms with van der Waals surface area (Å²) in [6, 6.07) is 3.92. The van der Waals surface area contributed by atoms with Gasteiger partial charge in [-0.3, -0.25) is 9.59 Å². The molecule has 0 amide bonds. The first-order valence-electron chi connectivity index (χ1n) is 5.73. The maximum Gasteiger partial charge on any atom is 0.305 e. The Balaban J connectivity index is 3.19. The lowest BCUT2D eigenvalue weighted by Gasteiger charge is -2.21. The van der Waals surface area contributed by atoms with Gasteiger partial charge in [0.2, 0.25) is 0 Å². The van der Waals surface area contributed by atoms with Crippen molar-refractivity contribution in [2.24, 2.45) is 0 Å². The SMILES string of the molecule is CC(=O)OC(OC(C)=O)c1c(C)cc(C)cc1C. The molecule has 0 saturated heterocycles. The van der Waals surface area contributed by atoms with Crippen LogP contribution in [0.1, 0.15) is 42.4 Å². The van der Waals surface area contributed by atoms with Crippen molar-refractivity contribution in [3.8, 4) is 0 Å². The molecule has 0 fully saturated rings. The topological polar surface area (TPSA) is 52.6 Å². The summed E-state index contributed by atoms with van der Waals surface area (Å²) in [6.45, 7) is 8.35. The average Bonchev–Trinajstić information content (AvgIpc) is 2.12. The largest absolute Gasteiger partial charge is 0.421 e. The Kier molecular flexibility index (Phi) is 4.48. The first-order valence-corrected chi connectivity index (χ1v) is 5.73. The van der Waals surface area contributed by atoms with E-state index in [0.29, 0.717) is 0 Å². The zero-order valence-electron chi connectivity index (χ0n) is 11.4. The summed E-state index contributed by atoms with van der Waals surface area (Å²) in [6.07, 6.45) is -0.972. The van der Waals surface area contributed by atoms with Crippen molar-refractivity contribution < 1.29 is 19.1 Å². The van der Waals surface area contributed by atoms with Gasteiger partial charge in [-0.2, -0.15) is 0 Å². The Hall–Kier alpha value is -1.84. The van der Waals surface area contributed by atoms with Crippen LogP contribution in [0.25, 0.3) is 0 Å². The van der Waals surface area contributed by atoms with Gasteiger partial charge in [0.05, 0.1) is 0 Å². The Bertz CT molecular complexity index is 438. The minimum Gasteiger partial charge on any atom is -0.421 e. The molecule has 4 heteroatoms. The Morgan fingerprint density at radius 2 is 1.33 bits per heavy atom. The van der Waals surface area contributed by atoms with E-state index in [-0.39, 0.29) is 0 Å². The quantitative estimate of drug-likeness (QED) is 0.611. The normalized spacial score (nSPS) is 10.3. The van der Waals surface area contributed by atoms with Crippen molar-refractivity contribution in [3.05, 3.63) is 34.4 Å². The molecule has 0 aliphatic heterocycles.